The Morgan fingerprint density at radius 3 is 2.65 bits per heavy atom. The molecular weight excluding hydrogens is 293 g/mol. The molecule has 0 radical (unpaired) electrons. The molecular formula is C18H22FN3O. The minimum atomic E-state index is -0.517. The van der Waals surface area contributed by atoms with Crippen LogP contribution >= 0.6 is 0 Å². The van der Waals surface area contributed by atoms with Crippen LogP contribution in [0.1, 0.15) is 38.2 Å². The van der Waals surface area contributed by atoms with Gasteiger partial charge in [-0.2, -0.15) is 0 Å². The number of nitrogens with one attached hydrogen (secondary N) is 1. The first-order valence-electron chi connectivity index (χ1n) is 8.13. The van der Waals surface area contributed by atoms with E-state index in [1.165, 1.54) is 12.1 Å². The van der Waals surface area contributed by atoms with Crippen LogP contribution in [0, 0.1) is 5.82 Å². The van der Waals surface area contributed by atoms with Crippen LogP contribution in [-0.2, 0) is 16.8 Å². The number of hydrogen-bond donors (Lipinski definition) is 1. The predicted octanol–water partition coefficient (Wildman–Crippen LogP) is 3.04. The first-order valence-corrected chi connectivity index (χ1v) is 8.13. The molecule has 0 saturated heterocycles. The van der Waals surface area contributed by atoms with Gasteiger partial charge >= 0.3 is 0 Å². The first-order chi connectivity index (χ1) is 11.1. The van der Waals surface area contributed by atoms with E-state index in [1.807, 2.05) is 17.7 Å². The standard InChI is InChI=1S/C18H22FN3O/c1-14(12-22-11-10-20-13-22)21-17(23)18(8-2-3-9-18)15-4-6-16(19)7-5-15/h4-7,10-11,13-14H,2-3,8-9,12H2,1H3,(H,21,23)/t14-/m1/s1. The monoisotopic (exact) mass is 315 g/mol. The molecule has 1 aromatic heterocycles. The number of hydrogen-bond acceptors (Lipinski definition) is 2. The summed E-state index contributed by atoms with van der Waals surface area (Å²) in [7, 11) is 0. The van der Waals surface area contributed by atoms with E-state index in [9.17, 15) is 9.18 Å². The zero-order valence-electron chi connectivity index (χ0n) is 13.3. The van der Waals surface area contributed by atoms with E-state index >= 15 is 0 Å². The average molecular weight is 315 g/mol. The third-order valence-corrected chi connectivity index (χ3v) is 4.71. The summed E-state index contributed by atoms with van der Waals surface area (Å²) < 4.78 is 15.2. The second-order valence-corrected chi connectivity index (χ2v) is 6.43. The molecule has 0 unspecified atom stereocenters. The lowest BCUT2D eigenvalue weighted by molar-refractivity contribution is -0.127. The lowest BCUT2D eigenvalue weighted by Gasteiger charge is -2.30. The maximum atomic E-state index is 13.2. The maximum Gasteiger partial charge on any atom is 0.230 e. The summed E-state index contributed by atoms with van der Waals surface area (Å²) in [5.74, 6) is -0.218. The van der Waals surface area contributed by atoms with E-state index in [2.05, 4.69) is 10.3 Å². The minimum Gasteiger partial charge on any atom is -0.351 e. The lowest BCUT2D eigenvalue weighted by atomic mass is 9.78. The van der Waals surface area contributed by atoms with Gasteiger partial charge in [-0.05, 0) is 37.5 Å². The second kappa shape index (κ2) is 6.52. The highest BCUT2D eigenvalue weighted by molar-refractivity contribution is 5.88. The molecule has 1 saturated carbocycles. The Labute approximate surface area is 135 Å². The Hall–Kier alpha value is -2.17. The summed E-state index contributed by atoms with van der Waals surface area (Å²) >= 11 is 0. The Morgan fingerprint density at radius 1 is 1.35 bits per heavy atom. The molecule has 3 rings (SSSR count). The third kappa shape index (κ3) is 3.28. The van der Waals surface area contributed by atoms with E-state index in [1.54, 1.807) is 24.7 Å². The molecule has 1 aliphatic carbocycles. The number of amides is 1. The molecule has 0 aliphatic heterocycles. The van der Waals surface area contributed by atoms with Crippen LogP contribution in [0.15, 0.2) is 43.0 Å². The Bertz CT molecular complexity index is 645. The molecule has 1 fully saturated rings. The average Bonchev–Trinajstić information content (AvgIpc) is 3.19. The smallest absolute Gasteiger partial charge is 0.230 e. The molecule has 1 amide bonds. The summed E-state index contributed by atoms with van der Waals surface area (Å²) in [5, 5.41) is 3.13. The molecule has 1 aromatic carbocycles. The largest absolute Gasteiger partial charge is 0.351 e. The summed E-state index contributed by atoms with van der Waals surface area (Å²) in [6, 6.07) is 6.39. The SMILES string of the molecule is C[C@H](Cn1ccnc1)NC(=O)C1(c2ccc(F)cc2)CCCC1. The van der Waals surface area contributed by atoms with Crippen molar-refractivity contribution < 1.29 is 9.18 Å². The Morgan fingerprint density at radius 2 is 2.04 bits per heavy atom. The van der Waals surface area contributed by atoms with Gasteiger partial charge in [-0.15, -0.1) is 0 Å². The van der Waals surface area contributed by atoms with E-state index in [4.69, 9.17) is 0 Å². The van der Waals surface area contributed by atoms with Gasteiger partial charge in [-0.25, -0.2) is 9.37 Å². The van der Waals surface area contributed by atoms with Gasteiger partial charge in [0.1, 0.15) is 5.82 Å². The van der Waals surface area contributed by atoms with Crippen LogP contribution in [0.2, 0.25) is 0 Å². The van der Waals surface area contributed by atoms with Crippen LogP contribution in [0.5, 0.6) is 0 Å². The minimum absolute atomic E-state index is 0.00891. The molecule has 2 aromatic rings. The Kier molecular flexibility index (Phi) is 4.46. The second-order valence-electron chi connectivity index (χ2n) is 6.43. The van der Waals surface area contributed by atoms with Crippen molar-refractivity contribution in [1.29, 1.82) is 0 Å². The first kappa shape index (κ1) is 15.7. The number of halogens is 1. The molecule has 5 heteroatoms. The van der Waals surface area contributed by atoms with Crippen molar-refractivity contribution in [2.45, 2.75) is 50.6 Å². The summed E-state index contributed by atoms with van der Waals surface area (Å²) in [6.07, 6.45) is 9.05. The fraction of sp³-hybridized carbons (Fsp3) is 0.444. The highest BCUT2D eigenvalue weighted by atomic mass is 19.1. The number of aromatic nitrogens is 2. The molecule has 1 heterocycles. The lowest BCUT2D eigenvalue weighted by Crippen LogP contribution is -2.47. The van der Waals surface area contributed by atoms with Crippen molar-refractivity contribution >= 4 is 5.91 Å². The summed E-state index contributed by atoms with van der Waals surface area (Å²) in [6.45, 7) is 2.68. The van der Waals surface area contributed by atoms with Gasteiger partial charge in [0.25, 0.3) is 0 Å². The number of carbonyl (C=O) groups excluding carboxylic acids is 1. The van der Waals surface area contributed by atoms with Crippen molar-refractivity contribution in [2.24, 2.45) is 0 Å². The van der Waals surface area contributed by atoms with Crippen LogP contribution in [0.3, 0.4) is 0 Å². The van der Waals surface area contributed by atoms with Crippen LogP contribution < -0.4 is 5.32 Å². The zero-order valence-corrected chi connectivity index (χ0v) is 13.3. The van der Waals surface area contributed by atoms with Gasteiger partial charge in [0.2, 0.25) is 5.91 Å². The van der Waals surface area contributed by atoms with Crippen molar-refractivity contribution in [3.63, 3.8) is 0 Å². The molecule has 0 bridgehead atoms. The van der Waals surface area contributed by atoms with Gasteiger partial charge in [0.05, 0.1) is 11.7 Å². The molecule has 1 atom stereocenters. The Balaban J connectivity index is 1.75. The van der Waals surface area contributed by atoms with E-state index in [-0.39, 0.29) is 17.8 Å². The molecule has 1 N–H and O–H groups in total. The van der Waals surface area contributed by atoms with E-state index < -0.39 is 5.41 Å². The van der Waals surface area contributed by atoms with Crippen molar-refractivity contribution in [3.05, 3.63) is 54.4 Å². The van der Waals surface area contributed by atoms with Crippen LogP contribution in [-0.4, -0.2) is 21.5 Å². The molecule has 1 aliphatic rings. The van der Waals surface area contributed by atoms with E-state index in [0.29, 0.717) is 6.54 Å². The van der Waals surface area contributed by atoms with Crippen molar-refractivity contribution in [3.8, 4) is 0 Å². The normalized spacial score (nSPS) is 17.8. The molecule has 23 heavy (non-hydrogen) atoms. The van der Waals surface area contributed by atoms with Gasteiger partial charge in [0.15, 0.2) is 0 Å². The van der Waals surface area contributed by atoms with Crippen LogP contribution in [0.4, 0.5) is 4.39 Å². The van der Waals surface area contributed by atoms with Crippen LogP contribution in [0.25, 0.3) is 0 Å². The number of imidazole rings is 1. The van der Waals surface area contributed by atoms with Gasteiger partial charge < -0.3 is 9.88 Å². The maximum absolute atomic E-state index is 13.2. The number of rotatable bonds is 5. The van der Waals surface area contributed by atoms with Gasteiger partial charge in [-0.1, -0.05) is 25.0 Å². The topological polar surface area (TPSA) is 46.9 Å². The van der Waals surface area contributed by atoms with Crippen molar-refractivity contribution in [1.82, 2.24) is 14.9 Å². The summed E-state index contributed by atoms with van der Waals surface area (Å²) in [5.41, 5.74) is 0.403. The summed E-state index contributed by atoms with van der Waals surface area (Å²) in [4.78, 5) is 17.0. The fourth-order valence-corrected chi connectivity index (χ4v) is 3.51. The molecule has 122 valence electrons. The van der Waals surface area contributed by atoms with Crippen molar-refractivity contribution in [2.75, 3.05) is 0 Å². The molecule has 0 spiro atoms. The highest BCUT2D eigenvalue weighted by Gasteiger charge is 2.42. The van der Waals surface area contributed by atoms with Gasteiger partial charge in [-0.3, -0.25) is 4.79 Å². The predicted molar refractivity (Wildman–Crippen MR) is 86.4 cm³/mol. The fourth-order valence-electron chi connectivity index (χ4n) is 3.51. The zero-order chi connectivity index (χ0) is 16.3. The number of benzene rings is 1. The van der Waals surface area contributed by atoms with Gasteiger partial charge in [0, 0.05) is 25.0 Å². The number of carbonyl (C=O) groups is 1. The molecule has 4 nitrogen and oxygen atoms in total. The highest BCUT2D eigenvalue weighted by Crippen LogP contribution is 2.41. The van der Waals surface area contributed by atoms with E-state index in [0.717, 1.165) is 31.2 Å². The third-order valence-electron chi connectivity index (χ3n) is 4.71. The number of nitrogens with zero attached hydrogens (tertiary/aromatic N) is 2. The quantitative estimate of drug-likeness (QED) is 0.922.